The number of carbonyl (C=O) groups excluding carboxylic acids is 1. The van der Waals surface area contributed by atoms with E-state index < -0.39 is 0 Å². The zero-order chi connectivity index (χ0) is 15.8. The lowest BCUT2D eigenvalue weighted by molar-refractivity contribution is -0.143. The fourth-order valence-corrected chi connectivity index (χ4v) is 3.17. The van der Waals surface area contributed by atoms with Crippen LogP contribution in [0.3, 0.4) is 0 Å². The van der Waals surface area contributed by atoms with Gasteiger partial charge in [-0.05, 0) is 24.7 Å². The minimum atomic E-state index is -0.153. The maximum absolute atomic E-state index is 11.3. The molecule has 0 amide bonds. The minimum absolute atomic E-state index is 0.153. The first-order chi connectivity index (χ1) is 9.93. The molecule has 120 valence electrons. The molecule has 0 saturated carbocycles. The molecule has 0 aliphatic carbocycles. The second-order valence-electron chi connectivity index (χ2n) is 5.98. The molecule has 4 nitrogen and oxygen atoms in total. The second-order valence-corrected chi connectivity index (χ2v) is 6.84. The molecule has 21 heavy (non-hydrogen) atoms. The fraction of sp³-hybridized carbons (Fsp3) is 0.750. The molecule has 0 atom stereocenters. The van der Waals surface area contributed by atoms with Crippen LogP contribution in [0, 0.1) is 17.8 Å². The first-order valence-electron chi connectivity index (χ1n) is 7.77. The van der Waals surface area contributed by atoms with Crippen LogP contribution in [0.1, 0.15) is 46.7 Å². The molecule has 0 bridgehead atoms. The third kappa shape index (κ3) is 6.46. The van der Waals surface area contributed by atoms with Crippen molar-refractivity contribution in [1.82, 2.24) is 4.98 Å². The Bertz CT molecular complexity index is 422. The Balaban J connectivity index is 2.42. The van der Waals surface area contributed by atoms with Gasteiger partial charge >= 0.3 is 5.97 Å². The van der Waals surface area contributed by atoms with E-state index in [4.69, 9.17) is 4.74 Å². The van der Waals surface area contributed by atoms with Gasteiger partial charge in [0.25, 0.3) is 0 Å². The van der Waals surface area contributed by atoms with Crippen molar-refractivity contribution in [2.24, 2.45) is 17.8 Å². The molecule has 0 aliphatic rings. The number of rotatable bonds is 9. The van der Waals surface area contributed by atoms with Crippen LogP contribution in [0.15, 0.2) is 5.38 Å². The van der Waals surface area contributed by atoms with Crippen molar-refractivity contribution in [3.63, 3.8) is 0 Å². The summed E-state index contributed by atoms with van der Waals surface area (Å²) in [5.41, 5.74) is 0.959. The standard InChI is InChI=1S/C16H28N2O2S/c1-6-20-15(19)8-7-13-10-21-16(18-13)17-9-14(11(2)3)12(4)5/h10-12,14H,6-9H2,1-5H3,(H,17,18). The van der Waals surface area contributed by atoms with E-state index in [9.17, 15) is 4.79 Å². The predicted octanol–water partition coefficient (Wildman–Crippen LogP) is 3.98. The largest absolute Gasteiger partial charge is 0.466 e. The molecule has 1 aromatic heterocycles. The van der Waals surface area contributed by atoms with E-state index in [1.807, 2.05) is 12.3 Å². The van der Waals surface area contributed by atoms with E-state index in [1.54, 1.807) is 11.3 Å². The van der Waals surface area contributed by atoms with E-state index in [2.05, 4.69) is 38.0 Å². The molecule has 0 saturated heterocycles. The number of nitrogens with one attached hydrogen (secondary N) is 1. The quantitative estimate of drug-likeness (QED) is 0.701. The molecule has 0 fully saturated rings. The van der Waals surface area contributed by atoms with Crippen molar-refractivity contribution in [3.05, 3.63) is 11.1 Å². The van der Waals surface area contributed by atoms with Crippen LogP contribution < -0.4 is 5.32 Å². The number of nitrogens with zero attached hydrogens (tertiary/aromatic N) is 1. The monoisotopic (exact) mass is 312 g/mol. The number of ether oxygens (including phenoxy) is 1. The first-order valence-corrected chi connectivity index (χ1v) is 8.65. The topological polar surface area (TPSA) is 51.2 Å². The molecule has 0 aliphatic heterocycles. The van der Waals surface area contributed by atoms with Gasteiger partial charge in [-0.15, -0.1) is 11.3 Å². The summed E-state index contributed by atoms with van der Waals surface area (Å²) in [7, 11) is 0. The zero-order valence-electron chi connectivity index (χ0n) is 13.8. The summed E-state index contributed by atoms with van der Waals surface area (Å²) in [5, 5.41) is 6.39. The van der Waals surface area contributed by atoms with Gasteiger partial charge < -0.3 is 10.1 Å². The summed E-state index contributed by atoms with van der Waals surface area (Å²) in [4.78, 5) is 15.9. The van der Waals surface area contributed by atoms with Gasteiger partial charge in [0.1, 0.15) is 0 Å². The smallest absolute Gasteiger partial charge is 0.306 e. The Morgan fingerprint density at radius 3 is 2.57 bits per heavy atom. The van der Waals surface area contributed by atoms with Crippen LogP contribution >= 0.6 is 11.3 Å². The second kappa shape index (κ2) is 9.03. The lowest BCUT2D eigenvalue weighted by Gasteiger charge is -2.24. The van der Waals surface area contributed by atoms with Gasteiger partial charge in [0, 0.05) is 18.3 Å². The lowest BCUT2D eigenvalue weighted by atomic mass is 9.86. The van der Waals surface area contributed by atoms with Crippen LogP contribution in [0.5, 0.6) is 0 Å². The highest BCUT2D eigenvalue weighted by Gasteiger charge is 2.17. The summed E-state index contributed by atoms with van der Waals surface area (Å²) in [5.74, 6) is 1.79. The Morgan fingerprint density at radius 1 is 1.33 bits per heavy atom. The molecule has 0 aromatic carbocycles. The highest BCUT2D eigenvalue weighted by Crippen LogP contribution is 2.23. The van der Waals surface area contributed by atoms with Crippen molar-refractivity contribution < 1.29 is 9.53 Å². The van der Waals surface area contributed by atoms with Gasteiger partial charge in [-0.1, -0.05) is 27.7 Å². The van der Waals surface area contributed by atoms with Gasteiger partial charge in [-0.3, -0.25) is 4.79 Å². The molecule has 1 rings (SSSR count). The number of aryl methyl sites for hydroxylation is 1. The van der Waals surface area contributed by atoms with E-state index in [0.717, 1.165) is 17.4 Å². The number of hydrogen-bond acceptors (Lipinski definition) is 5. The highest BCUT2D eigenvalue weighted by atomic mass is 32.1. The summed E-state index contributed by atoms with van der Waals surface area (Å²) in [6.07, 6.45) is 1.05. The first kappa shape index (κ1) is 18.0. The van der Waals surface area contributed by atoms with Crippen LogP contribution in [0.25, 0.3) is 0 Å². The van der Waals surface area contributed by atoms with Crippen LogP contribution in [-0.2, 0) is 16.0 Å². The predicted molar refractivity (Wildman–Crippen MR) is 88.7 cm³/mol. The van der Waals surface area contributed by atoms with Crippen LogP contribution in [0.2, 0.25) is 0 Å². The maximum Gasteiger partial charge on any atom is 0.306 e. The van der Waals surface area contributed by atoms with Crippen molar-refractivity contribution in [3.8, 4) is 0 Å². The number of aromatic nitrogens is 1. The van der Waals surface area contributed by atoms with E-state index in [1.165, 1.54) is 0 Å². The third-order valence-electron chi connectivity index (χ3n) is 3.64. The third-order valence-corrected chi connectivity index (χ3v) is 4.49. The number of hydrogen-bond donors (Lipinski definition) is 1. The molecule has 1 aromatic rings. The summed E-state index contributed by atoms with van der Waals surface area (Å²) in [6.45, 7) is 12.3. The average Bonchev–Trinajstić information content (AvgIpc) is 2.84. The molecular formula is C16H28N2O2S. The van der Waals surface area contributed by atoms with Gasteiger partial charge in [-0.2, -0.15) is 0 Å². The summed E-state index contributed by atoms with van der Waals surface area (Å²) in [6, 6.07) is 0. The number of carbonyl (C=O) groups is 1. The molecule has 0 spiro atoms. The number of anilines is 1. The van der Waals surface area contributed by atoms with E-state index in [-0.39, 0.29) is 5.97 Å². The minimum Gasteiger partial charge on any atom is -0.466 e. The molecule has 1 N–H and O–H groups in total. The fourth-order valence-electron chi connectivity index (χ4n) is 2.41. The Labute approximate surface area is 132 Å². The highest BCUT2D eigenvalue weighted by molar-refractivity contribution is 7.13. The summed E-state index contributed by atoms with van der Waals surface area (Å²) >= 11 is 1.61. The normalized spacial score (nSPS) is 11.4. The van der Waals surface area contributed by atoms with Crippen molar-refractivity contribution in [2.75, 3.05) is 18.5 Å². The van der Waals surface area contributed by atoms with Gasteiger partial charge in [-0.25, -0.2) is 4.98 Å². The maximum atomic E-state index is 11.3. The number of thiazole rings is 1. The Morgan fingerprint density at radius 2 is 2.00 bits per heavy atom. The van der Waals surface area contributed by atoms with E-state index >= 15 is 0 Å². The average molecular weight is 312 g/mol. The van der Waals surface area contributed by atoms with Gasteiger partial charge in [0.2, 0.25) is 0 Å². The van der Waals surface area contributed by atoms with Crippen LogP contribution in [0.4, 0.5) is 5.13 Å². The molecule has 0 unspecified atom stereocenters. The Kier molecular flexibility index (Phi) is 7.72. The van der Waals surface area contributed by atoms with Gasteiger partial charge in [0.15, 0.2) is 5.13 Å². The SMILES string of the molecule is CCOC(=O)CCc1csc(NCC(C(C)C)C(C)C)n1. The van der Waals surface area contributed by atoms with Gasteiger partial charge in [0.05, 0.1) is 18.7 Å². The van der Waals surface area contributed by atoms with Crippen molar-refractivity contribution >= 4 is 22.4 Å². The summed E-state index contributed by atoms with van der Waals surface area (Å²) < 4.78 is 4.92. The van der Waals surface area contributed by atoms with Crippen LogP contribution in [-0.4, -0.2) is 24.1 Å². The molecule has 5 heteroatoms. The van der Waals surface area contributed by atoms with Crippen molar-refractivity contribution in [1.29, 1.82) is 0 Å². The Hall–Kier alpha value is -1.10. The van der Waals surface area contributed by atoms with Crippen molar-refractivity contribution in [2.45, 2.75) is 47.5 Å². The molecule has 1 heterocycles. The molecular weight excluding hydrogens is 284 g/mol. The lowest BCUT2D eigenvalue weighted by Crippen LogP contribution is -2.24. The zero-order valence-corrected chi connectivity index (χ0v) is 14.6. The molecule has 0 radical (unpaired) electrons. The number of esters is 1. The van der Waals surface area contributed by atoms with E-state index in [0.29, 0.717) is 37.2 Å².